The molecular weight excluding hydrogens is 538 g/mol. The van der Waals surface area contributed by atoms with Gasteiger partial charge in [-0.25, -0.2) is 14.6 Å². The van der Waals surface area contributed by atoms with Crippen LogP contribution in [0.1, 0.15) is 46.5 Å². The summed E-state index contributed by atoms with van der Waals surface area (Å²) in [6.07, 6.45) is 0.830. The minimum Gasteiger partial charge on any atom is -0.497 e. The van der Waals surface area contributed by atoms with Gasteiger partial charge >= 0.3 is 12.1 Å². The summed E-state index contributed by atoms with van der Waals surface area (Å²) in [4.78, 5) is 45.7. The van der Waals surface area contributed by atoms with Crippen LogP contribution in [0.2, 0.25) is 0 Å². The van der Waals surface area contributed by atoms with Crippen molar-refractivity contribution >= 4 is 28.9 Å². The van der Waals surface area contributed by atoms with Crippen LogP contribution < -0.4 is 14.8 Å². The standard InChI is InChI=1S/C32H37N3O7/c1-31(2,3)42-30(38)35-19-22(17-26(35)28(36)34-32(14-9-15-32)29(37)40-5)41-27-18-24(20-10-7-6-8-11-20)33-25-16-21(39-4)12-13-23(25)27/h6-8,10-13,16,18,22,26H,9,14-15,17,19H2,1-5H3,(H,34,36)/t22?,26-/m0/s1. The summed E-state index contributed by atoms with van der Waals surface area (Å²) in [5.74, 6) is 0.312. The predicted molar refractivity (Wildman–Crippen MR) is 156 cm³/mol. The molecule has 1 aliphatic heterocycles. The Balaban J connectivity index is 1.46. The number of amides is 2. The number of fused-ring (bicyclic) bond motifs is 1. The molecule has 42 heavy (non-hydrogen) atoms. The number of carbonyl (C=O) groups is 3. The quantitative estimate of drug-likeness (QED) is 0.397. The molecule has 222 valence electrons. The van der Waals surface area contributed by atoms with Gasteiger partial charge in [0.2, 0.25) is 5.91 Å². The Labute approximate surface area is 245 Å². The maximum atomic E-state index is 13.6. The van der Waals surface area contributed by atoms with Crippen molar-refractivity contribution in [1.29, 1.82) is 0 Å². The van der Waals surface area contributed by atoms with Crippen molar-refractivity contribution in [3.63, 3.8) is 0 Å². The van der Waals surface area contributed by atoms with Gasteiger partial charge in [0.1, 0.15) is 34.8 Å². The summed E-state index contributed by atoms with van der Waals surface area (Å²) in [5, 5.41) is 3.65. The molecule has 1 aliphatic carbocycles. The van der Waals surface area contributed by atoms with Crippen LogP contribution in [0.25, 0.3) is 22.2 Å². The molecule has 2 fully saturated rings. The zero-order chi connectivity index (χ0) is 30.1. The van der Waals surface area contributed by atoms with Crippen LogP contribution in [0.5, 0.6) is 11.5 Å². The molecule has 1 saturated heterocycles. The number of ether oxygens (including phenoxy) is 4. The fourth-order valence-electron chi connectivity index (χ4n) is 5.42. The van der Waals surface area contributed by atoms with E-state index in [-0.39, 0.29) is 13.0 Å². The number of pyridine rings is 1. The Hall–Kier alpha value is -4.34. The number of carbonyl (C=O) groups excluding carboxylic acids is 3. The van der Waals surface area contributed by atoms with Crippen LogP contribution in [0.3, 0.4) is 0 Å². The predicted octanol–water partition coefficient (Wildman–Crippen LogP) is 4.88. The molecule has 0 bridgehead atoms. The number of hydrogen-bond donors (Lipinski definition) is 1. The average Bonchev–Trinajstić information content (AvgIpc) is 3.38. The van der Waals surface area contributed by atoms with Gasteiger partial charge in [0.25, 0.3) is 0 Å². The van der Waals surface area contributed by atoms with E-state index in [2.05, 4.69) is 5.32 Å². The maximum Gasteiger partial charge on any atom is 0.411 e. The molecule has 2 aromatic carbocycles. The first-order valence-electron chi connectivity index (χ1n) is 14.1. The molecule has 2 amide bonds. The van der Waals surface area contributed by atoms with Crippen molar-refractivity contribution in [3.8, 4) is 22.8 Å². The number of hydrogen-bond acceptors (Lipinski definition) is 8. The topological polar surface area (TPSA) is 116 Å². The summed E-state index contributed by atoms with van der Waals surface area (Å²) in [5.41, 5.74) is 0.484. The van der Waals surface area contributed by atoms with Gasteiger partial charge in [-0.05, 0) is 52.2 Å². The van der Waals surface area contributed by atoms with Gasteiger partial charge in [0, 0.05) is 29.5 Å². The molecule has 10 nitrogen and oxygen atoms in total. The molecule has 1 aromatic heterocycles. The van der Waals surface area contributed by atoms with Crippen molar-refractivity contribution in [2.45, 2.75) is 69.7 Å². The summed E-state index contributed by atoms with van der Waals surface area (Å²) < 4.78 is 22.6. The van der Waals surface area contributed by atoms with Crippen molar-refractivity contribution in [1.82, 2.24) is 15.2 Å². The van der Waals surface area contributed by atoms with Gasteiger partial charge in [0.05, 0.1) is 32.0 Å². The first-order valence-corrected chi connectivity index (χ1v) is 14.1. The highest BCUT2D eigenvalue weighted by molar-refractivity contribution is 5.93. The minimum absolute atomic E-state index is 0.124. The Morgan fingerprint density at radius 1 is 1.02 bits per heavy atom. The van der Waals surface area contributed by atoms with Crippen LogP contribution in [-0.2, 0) is 19.1 Å². The Kier molecular flexibility index (Phi) is 7.99. The van der Waals surface area contributed by atoms with E-state index in [0.29, 0.717) is 35.6 Å². The second-order valence-electron chi connectivity index (χ2n) is 11.8. The summed E-state index contributed by atoms with van der Waals surface area (Å²) >= 11 is 0. The van der Waals surface area contributed by atoms with E-state index < -0.39 is 41.3 Å². The molecule has 5 rings (SSSR count). The lowest BCUT2D eigenvalue weighted by Gasteiger charge is -2.40. The lowest BCUT2D eigenvalue weighted by molar-refractivity contribution is -0.155. The van der Waals surface area contributed by atoms with Gasteiger partial charge in [-0.2, -0.15) is 0 Å². The van der Waals surface area contributed by atoms with Gasteiger partial charge in [-0.15, -0.1) is 0 Å². The van der Waals surface area contributed by atoms with E-state index >= 15 is 0 Å². The first kappa shape index (κ1) is 29.2. The number of nitrogens with one attached hydrogen (secondary N) is 1. The number of benzene rings is 2. The number of methoxy groups -OCH3 is 2. The lowest BCUT2D eigenvalue weighted by Crippen LogP contribution is -2.62. The normalized spacial score (nSPS) is 19.5. The van der Waals surface area contributed by atoms with Crippen LogP contribution in [0.15, 0.2) is 54.6 Å². The molecular formula is C32H37N3O7. The van der Waals surface area contributed by atoms with E-state index in [4.69, 9.17) is 23.9 Å². The minimum atomic E-state index is -1.07. The summed E-state index contributed by atoms with van der Waals surface area (Å²) in [6, 6.07) is 16.3. The number of likely N-dealkylation sites (tertiary alicyclic amines) is 1. The van der Waals surface area contributed by atoms with Crippen molar-refractivity contribution < 1.29 is 33.3 Å². The monoisotopic (exact) mass is 575 g/mol. The Bertz CT molecular complexity index is 1480. The van der Waals surface area contributed by atoms with E-state index in [1.54, 1.807) is 27.9 Å². The van der Waals surface area contributed by atoms with Gasteiger partial charge in [0.15, 0.2) is 0 Å². The number of rotatable bonds is 7. The molecule has 0 spiro atoms. The molecule has 1 unspecified atom stereocenters. The first-order chi connectivity index (χ1) is 20.0. The molecule has 2 heterocycles. The van der Waals surface area contributed by atoms with Gasteiger partial charge in [-0.1, -0.05) is 30.3 Å². The van der Waals surface area contributed by atoms with E-state index in [1.165, 1.54) is 12.0 Å². The third-order valence-corrected chi connectivity index (χ3v) is 7.68. The Morgan fingerprint density at radius 3 is 2.38 bits per heavy atom. The number of nitrogens with zero attached hydrogens (tertiary/aromatic N) is 2. The van der Waals surface area contributed by atoms with Gasteiger partial charge < -0.3 is 24.3 Å². The summed E-state index contributed by atoms with van der Waals surface area (Å²) in [7, 11) is 2.90. The highest BCUT2D eigenvalue weighted by Crippen LogP contribution is 2.36. The zero-order valence-electron chi connectivity index (χ0n) is 24.6. The third kappa shape index (κ3) is 5.98. The lowest BCUT2D eigenvalue weighted by atomic mass is 9.76. The Morgan fingerprint density at radius 2 is 1.76 bits per heavy atom. The third-order valence-electron chi connectivity index (χ3n) is 7.68. The fraction of sp³-hybridized carbons (Fsp3) is 0.438. The van der Waals surface area contributed by atoms with Crippen LogP contribution in [0.4, 0.5) is 4.79 Å². The zero-order valence-corrected chi connectivity index (χ0v) is 24.6. The van der Waals surface area contributed by atoms with Crippen LogP contribution >= 0.6 is 0 Å². The van der Waals surface area contributed by atoms with Crippen molar-refractivity contribution in [3.05, 3.63) is 54.6 Å². The van der Waals surface area contributed by atoms with E-state index in [0.717, 1.165) is 17.4 Å². The van der Waals surface area contributed by atoms with Crippen molar-refractivity contribution in [2.75, 3.05) is 20.8 Å². The average molecular weight is 576 g/mol. The SMILES string of the molecule is COC(=O)C1(NC(=O)[C@@H]2CC(Oc3cc(-c4ccccc4)nc4cc(OC)ccc34)CN2C(=O)OC(C)(C)C)CCC1. The summed E-state index contributed by atoms with van der Waals surface area (Å²) in [6.45, 7) is 5.44. The molecule has 10 heteroatoms. The van der Waals surface area contributed by atoms with Crippen LogP contribution in [-0.4, -0.2) is 71.9 Å². The number of esters is 1. The molecule has 2 atom stereocenters. The van der Waals surface area contributed by atoms with E-state index in [1.807, 2.05) is 54.6 Å². The molecule has 1 N–H and O–H groups in total. The largest absolute Gasteiger partial charge is 0.497 e. The fourth-order valence-corrected chi connectivity index (χ4v) is 5.42. The number of aromatic nitrogens is 1. The second kappa shape index (κ2) is 11.5. The highest BCUT2D eigenvalue weighted by Gasteiger charge is 2.50. The van der Waals surface area contributed by atoms with Gasteiger partial charge in [-0.3, -0.25) is 9.69 Å². The molecule has 2 aliphatic rings. The second-order valence-corrected chi connectivity index (χ2v) is 11.8. The van der Waals surface area contributed by atoms with E-state index in [9.17, 15) is 14.4 Å². The maximum absolute atomic E-state index is 13.6. The van der Waals surface area contributed by atoms with Crippen molar-refractivity contribution in [2.24, 2.45) is 0 Å². The smallest absolute Gasteiger partial charge is 0.411 e. The highest BCUT2D eigenvalue weighted by atomic mass is 16.6. The van der Waals surface area contributed by atoms with Crippen LogP contribution in [0, 0.1) is 0 Å². The molecule has 3 aromatic rings. The molecule has 0 radical (unpaired) electrons. The molecule has 1 saturated carbocycles.